The number of methoxy groups -OCH3 is 1. The van der Waals surface area contributed by atoms with Gasteiger partial charge in [-0.05, 0) is 18.6 Å². The Labute approximate surface area is 100 Å². The lowest BCUT2D eigenvalue weighted by molar-refractivity contribution is 0.412. The number of benzene rings is 1. The van der Waals surface area contributed by atoms with E-state index in [4.69, 9.17) is 10.5 Å². The van der Waals surface area contributed by atoms with Gasteiger partial charge in [-0.2, -0.15) is 5.10 Å². The van der Waals surface area contributed by atoms with E-state index >= 15 is 0 Å². The van der Waals surface area contributed by atoms with Gasteiger partial charge in [-0.3, -0.25) is 5.10 Å². The Balaban J connectivity index is 0.00000128. The van der Waals surface area contributed by atoms with Crippen LogP contribution in [0.1, 0.15) is 5.56 Å². The van der Waals surface area contributed by atoms with Crippen LogP contribution >= 0.6 is 12.4 Å². The van der Waals surface area contributed by atoms with Crippen molar-refractivity contribution in [3.63, 3.8) is 0 Å². The van der Waals surface area contributed by atoms with Crippen LogP contribution in [-0.4, -0.2) is 17.3 Å². The second-order valence-electron chi connectivity index (χ2n) is 3.39. The molecule has 0 fully saturated rings. The minimum Gasteiger partial charge on any atom is -0.496 e. The standard InChI is InChI=1S/C11H13N3O.ClH/c1-7-3-4-8(5-10(7)15-2)9-6-11(12)14-13-9;/h3-6H,1-2H3,(H3,12,13,14);1H. The summed E-state index contributed by atoms with van der Waals surface area (Å²) in [6, 6.07) is 7.77. The number of aryl methyl sites for hydroxylation is 1. The minimum atomic E-state index is 0. The molecule has 86 valence electrons. The van der Waals surface area contributed by atoms with Crippen LogP contribution in [0.5, 0.6) is 5.75 Å². The molecule has 2 aromatic rings. The number of aromatic nitrogens is 2. The van der Waals surface area contributed by atoms with Crippen molar-refractivity contribution in [2.45, 2.75) is 6.92 Å². The Bertz CT molecular complexity index is 482. The lowest BCUT2D eigenvalue weighted by Crippen LogP contribution is -1.88. The van der Waals surface area contributed by atoms with E-state index in [2.05, 4.69) is 10.2 Å². The zero-order valence-electron chi connectivity index (χ0n) is 9.15. The third-order valence-corrected chi connectivity index (χ3v) is 2.32. The van der Waals surface area contributed by atoms with Gasteiger partial charge in [0.25, 0.3) is 0 Å². The van der Waals surface area contributed by atoms with Crippen molar-refractivity contribution in [1.29, 1.82) is 0 Å². The summed E-state index contributed by atoms with van der Waals surface area (Å²) in [6.45, 7) is 2.00. The van der Waals surface area contributed by atoms with Gasteiger partial charge >= 0.3 is 0 Å². The smallest absolute Gasteiger partial charge is 0.145 e. The summed E-state index contributed by atoms with van der Waals surface area (Å²) in [5.41, 5.74) is 8.56. The summed E-state index contributed by atoms with van der Waals surface area (Å²) in [7, 11) is 1.66. The fourth-order valence-corrected chi connectivity index (χ4v) is 1.47. The van der Waals surface area contributed by atoms with Gasteiger partial charge in [0, 0.05) is 11.6 Å². The Hall–Kier alpha value is -1.68. The Morgan fingerprint density at radius 3 is 2.62 bits per heavy atom. The molecule has 4 nitrogen and oxygen atoms in total. The normalized spacial score (nSPS) is 9.62. The SMILES string of the molecule is COc1cc(-c2cc(N)n[nH]2)ccc1C.Cl. The molecule has 1 aromatic carbocycles. The van der Waals surface area contributed by atoms with E-state index < -0.39 is 0 Å². The maximum atomic E-state index is 5.54. The highest BCUT2D eigenvalue weighted by Gasteiger charge is 2.04. The largest absolute Gasteiger partial charge is 0.496 e. The van der Waals surface area contributed by atoms with Gasteiger partial charge < -0.3 is 10.5 Å². The Morgan fingerprint density at radius 1 is 1.31 bits per heavy atom. The predicted molar refractivity (Wildman–Crippen MR) is 67.0 cm³/mol. The molecule has 0 amide bonds. The number of anilines is 1. The number of hydrogen-bond acceptors (Lipinski definition) is 3. The topological polar surface area (TPSA) is 63.9 Å². The molecule has 0 saturated carbocycles. The van der Waals surface area contributed by atoms with Crippen molar-refractivity contribution < 1.29 is 4.74 Å². The zero-order chi connectivity index (χ0) is 10.8. The zero-order valence-corrected chi connectivity index (χ0v) is 9.97. The van der Waals surface area contributed by atoms with Crippen molar-refractivity contribution in [2.75, 3.05) is 12.8 Å². The average molecular weight is 240 g/mol. The molecular formula is C11H14ClN3O. The molecule has 1 heterocycles. The first-order valence-corrected chi connectivity index (χ1v) is 4.66. The van der Waals surface area contributed by atoms with Gasteiger partial charge in [0.05, 0.1) is 12.8 Å². The highest BCUT2D eigenvalue weighted by molar-refractivity contribution is 5.85. The third kappa shape index (κ3) is 2.28. The number of rotatable bonds is 2. The van der Waals surface area contributed by atoms with Gasteiger partial charge in [-0.25, -0.2) is 0 Å². The molecule has 16 heavy (non-hydrogen) atoms. The van der Waals surface area contributed by atoms with Crippen molar-refractivity contribution >= 4 is 18.2 Å². The summed E-state index contributed by atoms with van der Waals surface area (Å²) < 4.78 is 5.25. The van der Waals surface area contributed by atoms with Gasteiger partial charge in [0.2, 0.25) is 0 Å². The van der Waals surface area contributed by atoms with Crippen LogP contribution < -0.4 is 10.5 Å². The highest BCUT2D eigenvalue weighted by atomic mass is 35.5. The minimum absolute atomic E-state index is 0. The molecule has 0 aliphatic carbocycles. The molecule has 0 atom stereocenters. The molecule has 0 aliphatic heterocycles. The maximum Gasteiger partial charge on any atom is 0.145 e. The number of nitrogens with zero attached hydrogens (tertiary/aromatic N) is 1. The van der Waals surface area contributed by atoms with Crippen LogP contribution in [0.4, 0.5) is 5.82 Å². The number of halogens is 1. The van der Waals surface area contributed by atoms with E-state index in [1.54, 1.807) is 13.2 Å². The van der Waals surface area contributed by atoms with Gasteiger partial charge in [0.1, 0.15) is 11.6 Å². The first kappa shape index (κ1) is 12.4. The second kappa shape index (κ2) is 4.90. The molecule has 2 rings (SSSR count). The number of H-pyrrole nitrogens is 1. The van der Waals surface area contributed by atoms with Gasteiger partial charge in [0.15, 0.2) is 0 Å². The fraction of sp³-hybridized carbons (Fsp3) is 0.182. The number of nitrogens with one attached hydrogen (secondary N) is 1. The summed E-state index contributed by atoms with van der Waals surface area (Å²) in [6.07, 6.45) is 0. The van der Waals surface area contributed by atoms with E-state index in [1.165, 1.54) is 0 Å². The lowest BCUT2D eigenvalue weighted by atomic mass is 10.1. The Kier molecular flexibility index (Phi) is 3.79. The molecular weight excluding hydrogens is 226 g/mol. The third-order valence-electron chi connectivity index (χ3n) is 2.32. The van der Waals surface area contributed by atoms with E-state index in [-0.39, 0.29) is 12.4 Å². The first-order valence-electron chi connectivity index (χ1n) is 4.66. The summed E-state index contributed by atoms with van der Waals surface area (Å²) in [5, 5.41) is 6.74. The van der Waals surface area contributed by atoms with Crippen LogP contribution in [0.25, 0.3) is 11.3 Å². The van der Waals surface area contributed by atoms with Crippen LogP contribution in [-0.2, 0) is 0 Å². The van der Waals surface area contributed by atoms with Crippen LogP contribution in [0.15, 0.2) is 24.3 Å². The monoisotopic (exact) mass is 239 g/mol. The Morgan fingerprint density at radius 2 is 2.06 bits per heavy atom. The fourth-order valence-electron chi connectivity index (χ4n) is 1.47. The number of aromatic amines is 1. The van der Waals surface area contributed by atoms with Crippen molar-refractivity contribution in [3.8, 4) is 17.0 Å². The highest BCUT2D eigenvalue weighted by Crippen LogP contribution is 2.26. The number of ether oxygens (including phenoxy) is 1. The average Bonchev–Trinajstić information content (AvgIpc) is 2.66. The van der Waals surface area contributed by atoms with Crippen LogP contribution in [0.3, 0.4) is 0 Å². The molecule has 0 saturated heterocycles. The van der Waals surface area contributed by atoms with E-state index in [1.807, 2.05) is 25.1 Å². The van der Waals surface area contributed by atoms with Gasteiger partial charge in [-0.15, -0.1) is 12.4 Å². The second-order valence-corrected chi connectivity index (χ2v) is 3.39. The van der Waals surface area contributed by atoms with E-state index in [0.29, 0.717) is 5.82 Å². The molecule has 0 radical (unpaired) electrons. The van der Waals surface area contributed by atoms with Crippen molar-refractivity contribution in [3.05, 3.63) is 29.8 Å². The van der Waals surface area contributed by atoms with E-state index in [0.717, 1.165) is 22.6 Å². The number of hydrogen-bond donors (Lipinski definition) is 2. The molecule has 0 aliphatic rings. The maximum absolute atomic E-state index is 5.54. The molecule has 0 spiro atoms. The van der Waals surface area contributed by atoms with Crippen LogP contribution in [0.2, 0.25) is 0 Å². The summed E-state index contributed by atoms with van der Waals surface area (Å²) >= 11 is 0. The lowest BCUT2D eigenvalue weighted by Gasteiger charge is -2.05. The molecule has 1 aromatic heterocycles. The molecule has 0 unspecified atom stereocenters. The first-order chi connectivity index (χ1) is 7.20. The summed E-state index contributed by atoms with van der Waals surface area (Å²) in [4.78, 5) is 0. The van der Waals surface area contributed by atoms with Crippen LogP contribution in [0, 0.1) is 6.92 Å². The number of nitrogens with two attached hydrogens (primary N) is 1. The van der Waals surface area contributed by atoms with E-state index in [9.17, 15) is 0 Å². The predicted octanol–water partition coefficient (Wildman–Crippen LogP) is 2.40. The molecule has 5 heteroatoms. The number of nitrogen functional groups attached to an aromatic ring is 1. The van der Waals surface area contributed by atoms with Crippen molar-refractivity contribution in [1.82, 2.24) is 10.2 Å². The van der Waals surface area contributed by atoms with Crippen molar-refractivity contribution in [2.24, 2.45) is 0 Å². The molecule has 3 N–H and O–H groups in total. The van der Waals surface area contributed by atoms with Gasteiger partial charge in [-0.1, -0.05) is 12.1 Å². The molecule has 0 bridgehead atoms. The summed E-state index contributed by atoms with van der Waals surface area (Å²) in [5.74, 6) is 1.35. The quantitative estimate of drug-likeness (QED) is 0.846.